The largest absolute Gasteiger partial charge is 0.352 e. The minimum atomic E-state index is -3.87. The number of rotatable bonds is 4. The Hall–Kier alpha value is -0.960. The highest BCUT2D eigenvalue weighted by Crippen LogP contribution is 2.24. The van der Waals surface area contributed by atoms with Crippen molar-refractivity contribution < 1.29 is 13.2 Å². The predicted octanol–water partition coefficient (Wildman–Crippen LogP) is 1.13. The molecule has 0 aromatic heterocycles. The van der Waals surface area contributed by atoms with Gasteiger partial charge in [0, 0.05) is 16.6 Å². The van der Waals surface area contributed by atoms with Gasteiger partial charge in [-0.3, -0.25) is 4.79 Å². The van der Waals surface area contributed by atoms with Gasteiger partial charge in [-0.25, -0.2) is 13.6 Å². The van der Waals surface area contributed by atoms with Crippen LogP contribution in [0.15, 0.2) is 21.5 Å². The molecule has 1 saturated heterocycles. The number of carbonyl (C=O) groups excluding carboxylic acids is 1. The van der Waals surface area contributed by atoms with Crippen molar-refractivity contribution in [2.75, 3.05) is 19.6 Å². The first-order valence-electron chi connectivity index (χ1n) is 7.11. The topological polar surface area (TPSA) is 101 Å². The average Bonchev–Trinajstić information content (AvgIpc) is 2.46. The van der Waals surface area contributed by atoms with Crippen LogP contribution in [-0.4, -0.2) is 34.0 Å². The Morgan fingerprint density at radius 3 is 2.82 bits per heavy atom. The highest BCUT2D eigenvalue weighted by atomic mass is 79.9. The molecule has 0 saturated carbocycles. The van der Waals surface area contributed by atoms with Crippen LogP contribution in [0.2, 0.25) is 0 Å². The van der Waals surface area contributed by atoms with E-state index < -0.39 is 10.0 Å². The Labute approximate surface area is 139 Å². The second-order valence-electron chi connectivity index (χ2n) is 5.54. The molecule has 1 heterocycles. The number of amides is 1. The number of carbonyl (C=O) groups is 1. The van der Waals surface area contributed by atoms with E-state index >= 15 is 0 Å². The molecule has 2 rings (SSSR count). The molecule has 4 N–H and O–H groups in total. The zero-order valence-electron chi connectivity index (χ0n) is 12.4. The third-order valence-corrected chi connectivity index (χ3v) is 5.32. The van der Waals surface area contributed by atoms with Crippen molar-refractivity contribution in [3.63, 3.8) is 0 Å². The monoisotopic (exact) mass is 389 g/mol. The fraction of sp³-hybridized carbons (Fsp3) is 0.500. The summed E-state index contributed by atoms with van der Waals surface area (Å²) in [5, 5.41) is 11.4. The number of hydrogen-bond acceptors (Lipinski definition) is 4. The van der Waals surface area contributed by atoms with Gasteiger partial charge in [-0.05, 0) is 56.5 Å². The van der Waals surface area contributed by atoms with E-state index in [1.807, 2.05) is 0 Å². The number of halogens is 1. The molecule has 0 spiro atoms. The zero-order chi connectivity index (χ0) is 16.3. The van der Waals surface area contributed by atoms with Gasteiger partial charge in [0.1, 0.15) is 0 Å². The smallest absolute Gasteiger partial charge is 0.251 e. The molecule has 1 atom stereocenters. The van der Waals surface area contributed by atoms with E-state index in [0.29, 0.717) is 28.1 Å². The maximum absolute atomic E-state index is 12.4. The van der Waals surface area contributed by atoms with Gasteiger partial charge in [-0.1, -0.05) is 15.9 Å². The molecule has 1 amide bonds. The van der Waals surface area contributed by atoms with Crippen LogP contribution in [0.5, 0.6) is 0 Å². The number of primary sulfonamides is 1. The Morgan fingerprint density at radius 1 is 1.50 bits per heavy atom. The van der Waals surface area contributed by atoms with Gasteiger partial charge < -0.3 is 10.6 Å². The fourth-order valence-corrected chi connectivity index (χ4v) is 4.05. The lowest BCUT2D eigenvalue weighted by molar-refractivity contribution is 0.0944. The van der Waals surface area contributed by atoms with E-state index in [0.717, 1.165) is 25.9 Å². The van der Waals surface area contributed by atoms with Crippen LogP contribution in [0.1, 0.15) is 28.8 Å². The minimum absolute atomic E-state index is 0.0358. The van der Waals surface area contributed by atoms with Crippen molar-refractivity contribution >= 4 is 31.9 Å². The summed E-state index contributed by atoms with van der Waals surface area (Å²) in [5.41, 5.74) is 0.687. The van der Waals surface area contributed by atoms with Gasteiger partial charge in [-0.15, -0.1) is 0 Å². The summed E-state index contributed by atoms with van der Waals surface area (Å²) in [6, 6.07) is 3.02. The molecule has 122 valence electrons. The van der Waals surface area contributed by atoms with Crippen molar-refractivity contribution in [2.24, 2.45) is 11.1 Å². The number of piperidine rings is 1. The summed E-state index contributed by atoms with van der Waals surface area (Å²) in [4.78, 5) is 12.3. The van der Waals surface area contributed by atoms with Crippen molar-refractivity contribution in [3.05, 3.63) is 27.7 Å². The molecule has 1 aliphatic heterocycles. The lowest BCUT2D eigenvalue weighted by atomic mass is 9.99. The number of sulfonamides is 1. The molecular weight excluding hydrogens is 370 g/mol. The van der Waals surface area contributed by atoms with Gasteiger partial charge in [0.2, 0.25) is 10.0 Å². The van der Waals surface area contributed by atoms with E-state index in [2.05, 4.69) is 26.6 Å². The Morgan fingerprint density at radius 2 is 2.23 bits per heavy atom. The van der Waals surface area contributed by atoms with E-state index in [1.165, 1.54) is 6.07 Å². The maximum Gasteiger partial charge on any atom is 0.251 e. The fourth-order valence-electron chi connectivity index (χ4n) is 2.62. The molecule has 6 nitrogen and oxygen atoms in total. The number of hydrogen-bond donors (Lipinski definition) is 3. The summed E-state index contributed by atoms with van der Waals surface area (Å²) < 4.78 is 23.7. The summed E-state index contributed by atoms with van der Waals surface area (Å²) in [7, 11) is -3.87. The molecule has 0 bridgehead atoms. The van der Waals surface area contributed by atoms with Crippen molar-refractivity contribution in [1.82, 2.24) is 10.6 Å². The first kappa shape index (κ1) is 17.4. The molecule has 1 aliphatic rings. The Balaban J connectivity index is 2.17. The number of benzene rings is 1. The molecule has 1 aromatic carbocycles. The molecule has 1 aromatic rings. The first-order chi connectivity index (χ1) is 10.3. The highest BCUT2D eigenvalue weighted by molar-refractivity contribution is 9.10. The van der Waals surface area contributed by atoms with Gasteiger partial charge in [0.15, 0.2) is 0 Å². The first-order valence-corrected chi connectivity index (χ1v) is 9.45. The third kappa shape index (κ3) is 4.28. The SMILES string of the molecule is Cc1c(C(=O)NCC2CCCNC2)cc(Br)cc1S(N)(=O)=O. The average molecular weight is 390 g/mol. The van der Waals surface area contributed by atoms with E-state index in [4.69, 9.17) is 5.14 Å². The molecule has 0 aliphatic carbocycles. The van der Waals surface area contributed by atoms with Crippen LogP contribution in [0, 0.1) is 12.8 Å². The molecule has 1 fully saturated rings. The second kappa shape index (κ2) is 7.08. The van der Waals surface area contributed by atoms with Gasteiger partial charge in [-0.2, -0.15) is 0 Å². The minimum Gasteiger partial charge on any atom is -0.352 e. The summed E-state index contributed by atoms with van der Waals surface area (Å²) in [6.45, 7) is 4.07. The number of nitrogens with two attached hydrogens (primary N) is 1. The van der Waals surface area contributed by atoms with Crippen LogP contribution in [0.25, 0.3) is 0 Å². The molecule has 0 radical (unpaired) electrons. The van der Waals surface area contributed by atoms with Gasteiger partial charge in [0.05, 0.1) is 4.90 Å². The zero-order valence-corrected chi connectivity index (χ0v) is 14.8. The van der Waals surface area contributed by atoms with Crippen molar-refractivity contribution in [3.8, 4) is 0 Å². The Bertz CT molecular complexity index is 670. The summed E-state index contributed by atoms with van der Waals surface area (Å²) >= 11 is 3.23. The molecular formula is C14H20BrN3O3S. The molecule has 22 heavy (non-hydrogen) atoms. The van der Waals surface area contributed by atoms with Crippen LogP contribution in [0.4, 0.5) is 0 Å². The van der Waals surface area contributed by atoms with Crippen molar-refractivity contribution in [2.45, 2.75) is 24.7 Å². The molecule has 8 heteroatoms. The standard InChI is InChI=1S/C14H20BrN3O3S/c1-9-12(5-11(15)6-13(9)22(16,20)21)14(19)18-8-10-3-2-4-17-7-10/h5-6,10,17H,2-4,7-8H2,1H3,(H,18,19)(H2,16,20,21). The van der Waals surface area contributed by atoms with Gasteiger partial charge >= 0.3 is 0 Å². The van der Waals surface area contributed by atoms with E-state index in [9.17, 15) is 13.2 Å². The van der Waals surface area contributed by atoms with Crippen LogP contribution in [0.3, 0.4) is 0 Å². The summed E-state index contributed by atoms with van der Waals surface area (Å²) in [5.74, 6) is 0.122. The lowest BCUT2D eigenvalue weighted by Gasteiger charge is -2.23. The molecule has 1 unspecified atom stereocenters. The Kier molecular flexibility index (Phi) is 5.60. The van der Waals surface area contributed by atoms with Gasteiger partial charge in [0.25, 0.3) is 5.91 Å². The van der Waals surface area contributed by atoms with Crippen LogP contribution < -0.4 is 15.8 Å². The van der Waals surface area contributed by atoms with Crippen LogP contribution in [-0.2, 0) is 10.0 Å². The summed E-state index contributed by atoms with van der Waals surface area (Å²) in [6.07, 6.45) is 2.18. The normalized spacial score (nSPS) is 19.0. The quantitative estimate of drug-likeness (QED) is 0.718. The maximum atomic E-state index is 12.4. The highest BCUT2D eigenvalue weighted by Gasteiger charge is 2.20. The predicted molar refractivity (Wildman–Crippen MR) is 88.2 cm³/mol. The third-order valence-electron chi connectivity index (χ3n) is 3.83. The van der Waals surface area contributed by atoms with E-state index in [1.54, 1.807) is 13.0 Å². The van der Waals surface area contributed by atoms with Crippen LogP contribution >= 0.6 is 15.9 Å². The van der Waals surface area contributed by atoms with Crippen molar-refractivity contribution in [1.29, 1.82) is 0 Å². The lowest BCUT2D eigenvalue weighted by Crippen LogP contribution is -2.38. The number of nitrogens with one attached hydrogen (secondary N) is 2. The van der Waals surface area contributed by atoms with E-state index in [-0.39, 0.29) is 10.8 Å². The second-order valence-corrected chi connectivity index (χ2v) is 7.99.